The molecule has 0 atom stereocenters. The Hall–Kier alpha value is -6.08. The van der Waals surface area contributed by atoms with E-state index < -0.39 is 5.60 Å². The van der Waals surface area contributed by atoms with Crippen molar-refractivity contribution in [2.45, 2.75) is 46.1 Å². The van der Waals surface area contributed by atoms with Gasteiger partial charge in [-0.25, -0.2) is 4.98 Å². The van der Waals surface area contributed by atoms with Gasteiger partial charge in [0.2, 0.25) is 0 Å². The molecule has 0 saturated heterocycles. The molecule has 4 amide bonds. The molecule has 0 bridgehead atoms. The minimum atomic E-state index is -0.442. The number of likely N-dealkylation sites (N-methyl/N-ethyl adjacent to an activating group) is 2. The summed E-state index contributed by atoms with van der Waals surface area (Å²) in [6.07, 6.45) is 6.34. The van der Waals surface area contributed by atoms with Crippen LogP contribution in [0.5, 0.6) is 0 Å². The summed E-state index contributed by atoms with van der Waals surface area (Å²) >= 11 is 0. The lowest BCUT2D eigenvalue weighted by Gasteiger charge is -2.30. The van der Waals surface area contributed by atoms with Crippen LogP contribution in [0.25, 0.3) is 27.2 Å². The van der Waals surface area contributed by atoms with Crippen LogP contribution in [0.2, 0.25) is 0 Å². The van der Waals surface area contributed by atoms with Crippen LogP contribution >= 0.6 is 0 Å². The van der Waals surface area contributed by atoms with Crippen LogP contribution < -0.4 is 5.32 Å². The van der Waals surface area contributed by atoms with E-state index in [2.05, 4.69) is 20.1 Å². The predicted octanol–water partition coefficient (Wildman–Crippen LogP) is 6.17. The third-order valence-corrected chi connectivity index (χ3v) is 11.7. The second-order valence-electron chi connectivity index (χ2n) is 17.8. The largest absolute Gasteiger partial charge is 0.460 e. The molecule has 0 fully saturated rings. The number of benzene rings is 4. The van der Waals surface area contributed by atoms with Crippen molar-refractivity contribution in [2.75, 3.05) is 119 Å². The van der Waals surface area contributed by atoms with Gasteiger partial charge in [-0.3, -0.25) is 33.8 Å². The number of amides is 4. The number of carbonyl (C=O) groups excluding carboxylic acids is 5. The van der Waals surface area contributed by atoms with Crippen molar-refractivity contribution in [1.82, 2.24) is 29.2 Å². The summed E-state index contributed by atoms with van der Waals surface area (Å²) in [4.78, 5) is 76.2. The maximum atomic E-state index is 13.5. The van der Waals surface area contributed by atoms with Gasteiger partial charge >= 0.3 is 5.97 Å². The van der Waals surface area contributed by atoms with Gasteiger partial charge in [0.1, 0.15) is 5.60 Å². The average Bonchev–Trinajstić information content (AvgIpc) is 3.87. The second-order valence-corrected chi connectivity index (χ2v) is 17.8. The minimum absolute atomic E-state index is 0.244. The highest BCUT2D eigenvalue weighted by Crippen LogP contribution is 2.35. The minimum Gasteiger partial charge on any atom is -0.460 e. The zero-order valence-corrected chi connectivity index (χ0v) is 41.1. The van der Waals surface area contributed by atoms with Crippen LogP contribution in [-0.2, 0) is 28.5 Å². The summed E-state index contributed by atoms with van der Waals surface area (Å²) in [7, 11) is 5.78. The molecule has 0 aliphatic carbocycles. The van der Waals surface area contributed by atoms with Crippen LogP contribution in [0.1, 0.15) is 82.0 Å². The topological polar surface area (TPSA) is 174 Å². The fraction of sp³-hybridized carbons (Fsp3) is 0.462. The SMILES string of the molecule is CCOCCOCCOCCOCCC(=O)OC(C)(C)C.CNc1ccc2c3c(cccc13)C(=O)N(CCN(C)CCCN(C)CCN1C(=O)c3cccc4c(-n5ccnc5)ccc(c34)C1=O)C2=O. The maximum Gasteiger partial charge on any atom is 0.308 e. The predicted molar refractivity (Wildman–Crippen MR) is 264 cm³/mol. The first-order valence-electron chi connectivity index (χ1n) is 23.6. The Labute approximate surface area is 404 Å². The Morgan fingerprint density at radius 2 is 1.13 bits per heavy atom. The molecule has 69 heavy (non-hydrogen) atoms. The van der Waals surface area contributed by atoms with Crippen molar-refractivity contribution in [2.24, 2.45) is 0 Å². The van der Waals surface area contributed by atoms with E-state index in [0.29, 0.717) is 106 Å². The Bertz CT molecular complexity index is 2510. The molecule has 370 valence electrons. The van der Waals surface area contributed by atoms with E-state index in [-0.39, 0.29) is 42.6 Å². The standard InChI is InChI=1S/C37H37N7O4.C15H30O6/c1-38-30-13-11-28-32-24(30)7-4-9-26(32)34(45)43(36(28)47)21-19-40(2)16-6-17-41(3)20-22-44-35(46)27-10-5-8-25-31(42-18-15-39-23-42)14-12-29(33(25)27)37(44)48;1-5-17-8-9-19-12-13-20-11-10-18-7-6-14(16)21-15(2,3)4/h4-5,7-15,18,23,38H,6,16-17,19-22H2,1-3H3;5-13H2,1-4H3. The summed E-state index contributed by atoms with van der Waals surface area (Å²) in [6, 6.07) is 18.5. The molecule has 5 aromatic rings. The van der Waals surface area contributed by atoms with Crippen molar-refractivity contribution in [1.29, 1.82) is 0 Å². The zero-order valence-electron chi connectivity index (χ0n) is 41.1. The van der Waals surface area contributed by atoms with Crippen LogP contribution in [-0.4, -0.2) is 178 Å². The zero-order chi connectivity index (χ0) is 49.5. The molecular weight excluding hydrogens is 883 g/mol. The van der Waals surface area contributed by atoms with Gasteiger partial charge in [-0.2, -0.15) is 0 Å². The third-order valence-electron chi connectivity index (χ3n) is 11.7. The van der Waals surface area contributed by atoms with Crippen molar-refractivity contribution in [3.63, 3.8) is 0 Å². The van der Waals surface area contributed by atoms with Crippen molar-refractivity contribution >= 4 is 56.8 Å². The molecule has 0 spiro atoms. The van der Waals surface area contributed by atoms with Crippen molar-refractivity contribution < 1.29 is 47.7 Å². The van der Waals surface area contributed by atoms with E-state index in [1.807, 2.05) is 96.0 Å². The molecule has 0 radical (unpaired) electrons. The molecule has 7 rings (SSSR count). The number of imidazole rings is 1. The lowest BCUT2D eigenvalue weighted by Crippen LogP contribution is -2.45. The highest BCUT2D eigenvalue weighted by Gasteiger charge is 2.35. The molecule has 1 aromatic heterocycles. The number of nitrogens with one attached hydrogen (secondary N) is 1. The van der Waals surface area contributed by atoms with Gasteiger partial charge in [0.15, 0.2) is 0 Å². The fourth-order valence-electron chi connectivity index (χ4n) is 8.26. The summed E-state index contributed by atoms with van der Waals surface area (Å²) in [5, 5.41) is 6.24. The number of hydrogen-bond acceptors (Lipinski definition) is 14. The summed E-state index contributed by atoms with van der Waals surface area (Å²) in [6.45, 7) is 14.9. The van der Waals surface area contributed by atoms with Crippen LogP contribution in [0, 0.1) is 0 Å². The number of nitrogens with zero attached hydrogens (tertiary/aromatic N) is 6. The molecular formula is C52H67N7O10. The molecule has 0 unspecified atom stereocenters. The summed E-state index contributed by atoms with van der Waals surface area (Å²) < 4.78 is 28.1. The first kappa shape index (κ1) is 52.3. The Kier molecular flexibility index (Phi) is 18.9. The number of anilines is 1. The van der Waals surface area contributed by atoms with E-state index in [9.17, 15) is 24.0 Å². The summed E-state index contributed by atoms with van der Waals surface area (Å²) in [5.74, 6) is -1.34. The normalized spacial score (nSPS) is 13.5. The number of ether oxygens (including phenoxy) is 5. The highest BCUT2D eigenvalue weighted by atomic mass is 16.6. The Morgan fingerprint density at radius 3 is 1.64 bits per heavy atom. The Balaban J connectivity index is 0.000000316. The van der Waals surface area contributed by atoms with Gasteiger partial charge in [-0.15, -0.1) is 0 Å². The van der Waals surface area contributed by atoms with E-state index in [1.165, 1.54) is 9.80 Å². The molecule has 4 aromatic carbocycles. The number of rotatable bonds is 25. The first-order chi connectivity index (χ1) is 33.2. The number of hydrogen-bond donors (Lipinski definition) is 1. The van der Waals surface area contributed by atoms with Gasteiger partial charge < -0.3 is 43.4 Å². The van der Waals surface area contributed by atoms with Crippen LogP contribution in [0.15, 0.2) is 79.4 Å². The maximum absolute atomic E-state index is 13.5. The van der Waals surface area contributed by atoms with Gasteiger partial charge in [-0.05, 0) is 97.7 Å². The van der Waals surface area contributed by atoms with Gasteiger partial charge in [0.05, 0.1) is 64.7 Å². The smallest absolute Gasteiger partial charge is 0.308 e. The third kappa shape index (κ3) is 13.6. The van der Waals surface area contributed by atoms with E-state index in [4.69, 9.17) is 23.7 Å². The Morgan fingerprint density at radius 1 is 0.638 bits per heavy atom. The molecule has 0 saturated carbocycles. The summed E-state index contributed by atoms with van der Waals surface area (Å²) in [5.41, 5.74) is 3.47. The van der Waals surface area contributed by atoms with Crippen LogP contribution in [0.4, 0.5) is 5.69 Å². The molecule has 1 N–H and O–H groups in total. The fourth-order valence-corrected chi connectivity index (χ4v) is 8.26. The lowest BCUT2D eigenvalue weighted by molar-refractivity contribution is -0.156. The molecule has 17 nitrogen and oxygen atoms in total. The van der Waals surface area contributed by atoms with E-state index >= 15 is 0 Å². The molecule has 2 aliphatic heterocycles. The first-order valence-corrected chi connectivity index (χ1v) is 23.6. The number of carbonyl (C=O) groups is 5. The quantitative estimate of drug-likeness (QED) is 0.0400. The number of esters is 1. The molecule has 17 heteroatoms. The van der Waals surface area contributed by atoms with E-state index in [1.54, 1.807) is 36.8 Å². The monoisotopic (exact) mass is 949 g/mol. The lowest BCUT2D eigenvalue weighted by atomic mass is 9.93. The average molecular weight is 950 g/mol. The van der Waals surface area contributed by atoms with Gasteiger partial charge in [0, 0.05) is 102 Å². The van der Waals surface area contributed by atoms with Crippen LogP contribution in [0.3, 0.4) is 0 Å². The number of aromatic nitrogens is 2. The number of imide groups is 2. The highest BCUT2D eigenvalue weighted by molar-refractivity contribution is 6.27. The molecule has 2 aliphatic rings. The van der Waals surface area contributed by atoms with E-state index in [0.717, 1.165) is 41.7 Å². The van der Waals surface area contributed by atoms with Crippen molar-refractivity contribution in [3.05, 3.63) is 102 Å². The second kappa shape index (κ2) is 25.0. The van der Waals surface area contributed by atoms with Crippen molar-refractivity contribution in [3.8, 4) is 5.69 Å². The van der Waals surface area contributed by atoms with Gasteiger partial charge in [-0.1, -0.05) is 24.3 Å². The molecule has 3 heterocycles. The van der Waals surface area contributed by atoms with Gasteiger partial charge in [0.25, 0.3) is 23.6 Å².